The topological polar surface area (TPSA) is 3.24 Å². The summed E-state index contributed by atoms with van der Waals surface area (Å²) >= 11 is 4.33. The van der Waals surface area contributed by atoms with Gasteiger partial charge in [0.25, 0.3) is 0 Å². The third kappa shape index (κ3) is 4.70. The van der Waals surface area contributed by atoms with Crippen LogP contribution < -0.4 is 0 Å². The number of nitrogens with zero attached hydrogens (tertiary/aromatic N) is 1. The first-order valence-electron chi connectivity index (χ1n) is 6.01. The standard InChI is InChI=1S/C12H25NS/c1-11(10-14)8-13(2)9-12-6-4-3-5-7-12/h11-12,14H,3-10H2,1-2H3. The third-order valence-corrected chi connectivity index (χ3v) is 3.85. The zero-order chi connectivity index (χ0) is 10.4. The molecule has 84 valence electrons. The van der Waals surface area contributed by atoms with Gasteiger partial charge in [-0.1, -0.05) is 26.2 Å². The van der Waals surface area contributed by atoms with Crippen molar-refractivity contribution >= 4 is 12.6 Å². The summed E-state index contributed by atoms with van der Waals surface area (Å²) in [5, 5.41) is 0. The summed E-state index contributed by atoms with van der Waals surface area (Å²) < 4.78 is 0. The molecule has 0 N–H and O–H groups in total. The molecule has 1 unspecified atom stereocenters. The van der Waals surface area contributed by atoms with Gasteiger partial charge in [-0.25, -0.2) is 0 Å². The Bertz CT molecular complexity index is 143. The summed E-state index contributed by atoms with van der Waals surface area (Å²) in [5.41, 5.74) is 0. The van der Waals surface area contributed by atoms with Crippen LogP contribution >= 0.6 is 12.6 Å². The first-order valence-corrected chi connectivity index (χ1v) is 6.65. The van der Waals surface area contributed by atoms with Gasteiger partial charge >= 0.3 is 0 Å². The highest BCUT2D eigenvalue weighted by molar-refractivity contribution is 7.80. The van der Waals surface area contributed by atoms with E-state index in [2.05, 4.69) is 31.5 Å². The molecule has 1 atom stereocenters. The van der Waals surface area contributed by atoms with E-state index in [1.54, 1.807) is 0 Å². The van der Waals surface area contributed by atoms with Crippen molar-refractivity contribution in [2.45, 2.75) is 39.0 Å². The van der Waals surface area contributed by atoms with Crippen molar-refractivity contribution in [2.24, 2.45) is 11.8 Å². The predicted molar refractivity (Wildman–Crippen MR) is 67.1 cm³/mol. The van der Waals surface area contributed by atoms with Gasteiger partial charge in [0.05, 0.1) is 0 Å². The second kappa shape index (κ2) is 6.73. The van der Waals surface area contributed by atoms with E-state index in [1.807, 2.05) is 0 Å². The summed E-state index contributed by atoms with van der Waals surface area (Å²) in [5.74, 6) is 2.71. The van der Waals surface area contributed by atoms with Gasteiger partial charge < -0.3 is 4.90 Å². The van der Waals surface area contributed by atoms with Crippen molar-refractivity contribution in [1.29, 1.82) is 0 Å². The fourth-order valence-electron chi connectivity index (χ4n) is 2.47. The summed E-state index contributed by atoms with van der Waals surface area (Å²) in [6.45, 7) is 4.79. The minimum Gasteiger partial charge on any atom is -0.306 e. The maximum atomic E-state index is 4.33. The van der Waals surface area contributed by atoms with Crippen LogP contribution in [0.2, 0.25) is 0 Å². The van der Waals surface area contributed by atoms with Gasteiger partial charge in [-0.05, 0) is 37.5 Å². The van der Waals surface area contributed by atoms with Gasteiger partial charge in [-0.2, -0.15) is 12.6 Å². The largest absolute Gasteiger partial charge is 0.306 e. The summed E-state index contributed by atoms with van der Waals surface area (Å²) in [6, 6.07) is 0. The van der Waals surface area contributed by atoms with E-state index >= 15 is 0 Å². The maximum absolute atomic E-state index is 4.33. The first kappa shape index (κ1) is 12.4. The van der Waals surface area contributed by atoms with Gasteiger partial charge in [0, 0.05) is 13.1 Å². The highest BCUT2D eigenvalue weighted by atomic mass is 32.1. The molecule has 0 aromatic carbocycles. The summed E-state index contributed by atoms with van der Waals surface area (Å²) in [7, 11) is 2.26. The molecule has 0 heterocycles. The summed E-state index contributed by atoms with van der Waals surface area (Å²) in [6.07, 6.45) is 7.30. The molecule has 2 heteroatoms. The number of thiol groups is 1. The van der Waals surface area contributed by atoms with E-state index in [4.69, 9.17) is 0 Å². The van der Waals surface area contributed by atoms with Crippen LogP contribution in [0.15, 0.2) is 0 Å². The molecule has 0 spiro atoms. The second-order valence-electron chi connectivity index (χ2n) is 5.01. The molecule has 1 nitrogen and oxygen atoms in total. The van der Waals surface area contributed by atoms with E-state index in [9.17, 15) is 0 Å². The zero-order valence-corrected chi connectivity index (χ0v) is 10.6. The lowest BCUT2D eigenvalue weighted by Gasteiger charge is -2.28. The highest BCUT2D eigenvalue weighted by Crippen LogP contribution is 2.24. The Morgan fingerprint density at radius 1 is 1.29 bits per heavy atom. The molecule has 14 heavy (non-hydrogen) atoms. The second-order valence-corrected chi connectivity index (χ2v) is 5.38. The van der Waals surface area contributed by atoms with Gasteiger partial charge in [0.1, 0.15) is 0 Å². The fourth-order valence-corrected chi connectivity index (χ4v) is 2.59. The maximum Gasteiger partial charge on any atom is 0.00119 e. The molecule has 1 aliphatic carbocycles. The highest BCUT2D eigenvalue weighted by Gasteiger charge is 2.15. The van der Waals surface area contributed by atoms with Crippen LogP contribution in [0.4, 0.5) is 0 Å². The Kier molecular flexibility index (Phi) is 5.95. The van der Waals surface area contributed by atoms with E-state index in [0.717, 1.165) is 17.6 Å². The van der Waals surface area contributed by atoms with Crippen molar-refractivity contribution in [3.63, 3.8) is 0 Å². The molecule has 0 amide bonds. The fraction of sp³-hybridized carbons (Fsp3) is 1.00. The van der Waals surface area contributed by atoms with Crippen molar-refractivity contribution < 1.29 is 0 Å². The quantitative estimate of drug-likeness (QED) is 0.690. The SMILES string of the molecule is CC(CS)CN(C)CC1CCCCC1. The number of hydrogen-bond acceptors (Lipinski definition) is 2. The zero-order valence-electron chi connectivity index (χ0n) is 9.71. The van der Waals surface area contributed by atoms with Gasteiger partial charge in [0.2, 0.25) is 0 Å². The lowest BCUT2D eigenvalue weighted by Crippen LogP contribution is -2.31. The van der Waals surface area contributed by atoms with E-state index < -0.39 is 0 Å². The molecule has 0 aromatic heterocycles. The minimum absolute atomic E-state index is 0.729. The first-order chi connectivity index (χ1) is 6.72. The van der Waals surface area contributed by atoms with E-state index in [-0.39, 0.29) is 0 Å². The Balaban J connectivity index is 2.14. The van der Waals surface area contributed by atoms with Crippen LogP contribution in [0.3, 0.4) is 0 Å². The predicted octanol–water partition coefficient (Wildman–Crippen LogP) is 3.06. The molecule has 0 radical (unpaired) electrons. The van der Waals surface area contributed by atoms with Crippen LogP contribution in [-0.4, -0.2) is 30.8 Å². The van der Waals surface area contributed by atoms with Crippen molar-refractivity contribution in [3.8, 4) is 0 Å². The molecular weight excluding hydrogens is 190 g/mol. The van der Waals surface area contributed by atoms with Gasteiger partial charge in [-0.15, -0.1) is 0 Å². The molecule has 0 bridgehead atoms. The number of rotatable bonds is 5. The molecule has 1 rings (SSSR count). The smallest absolute Gasteiger partial charge is 0.00119 e. The van der Waals surface area contributed by atoms with Crippen molar-refractivity contribution in [3.05, 3.63) is 0 Å². The van der Waals surface area contributed by atoms with Crippen molar-refractivity contribution in [2.75, 3.05) is 25.9 Å². The molecule has 1 fully saturated rings. The van der Waals surface area contributed by atoms with Crippen LogP contribution in [0.1, 0.15) is 39.0 Å². The summed E-state index contributed by atoms with van der Waals surface area (Å²) in [4.78, 5) is 2.50. The molecule has 1 saturated carbocycles. The molecule has 0 aromatic rings. The van der Waals surface area contributed by atoms with Crippen LogP contribution in [0, 0.1) is 11.8 Å². The van der Waals surface area contributed by atoms with Gasteiger partial charge in [-0.3, -0.25) is 0 Å². The Labute approximate surface area is 94.7 Å². The minimum atomic E-state index is 0.729. The molecule has 1 aliphatic rings. The van der Waals surface area contributed by atoms with E-state index in [1.165, 1.54) is 45.2 Å². The number of hydrogen-bond donors (Lipinski definition) is 1. The van der Waals surface area contributed by atoms with Gasteiger partial charge in [0.15, 0.2) is 0 Å². The Hall–Kier alpha value is 0.310. The average Bonchev–Trinajstić information content (AvgIpc) is 2.19. The lowest BCUT2D eigenvalue weighted by molar-refractivity contribution is 0.217. The lowest BCUT2D eigenvalue weighted by atomic mass is 9.89. The monoisotopic (exact) mass is 215 g/mol. The molecule has 0 aliphatic heterocycles. The van der Waals surface area contributed by atoms with E-state index in [0.29, 0.717) is 0 Å². The average molecular weight is 215 g/mol. The molecule has 0 saturated heterocycles. The van der Waals surface area contributed by atoms with Crippen LogP contribution in [0.5, 0.6) is 0 Å². The van der Waals surface area contributed by atoms with Crippen molar-refractivity contribution in [1.82, 2.24) is 4.90 Å². The van der Waals surface area contributed by atoms with Crippen LogP contribution in [-0.2, 0) is 0 Å². The third-order valence-electron chi connectivity index (χ3n) is 3.23. The normalized spacial score (nSPS) is 21.4. The van der Waals surface area contributed by atoms with Crippen LogP contribution in [0.25, 0.3) is 0 Å². The molecular formula is C12H25NS. The Morgan fingerprint density at radius 3 is 2.50 bits per heavy atom. The Morgan fingerprint density at radius 2 is 1.93 bits per heavy atom.